The summed E-state index contributed by atoms with van der Waals surface area (Å²) >= 11 is 7.00. The zero-order valence-corrected chi connectivity index (χ0v) is 12.4. The number of thioether (sulfide) groups is 1. The molecule has 0 aliphatic carbocycles. The van der Waals surface area contributed by atoms with E-state index in [4.69, 9.17) is 18.0 Å². The molecule has 1 aromatic rings. The topological polar surface area (TPSA) is 60.0 Å². The van der Waals surface area contributed by atoms with Crippen LogP contribution in [0.15, 0.2) is 6.33 Å². The molecule has 7 heteroatoms. The lowest BCUT2D eigenvalue weighted by Gasteiger charge is -2.39. The second kappa shape index (κ2) is 5.54. The first-order valence-corrected chi connectivity index (χ1v) is 7.61. The highest BCUT2D eigenvalue weighted by Crippen LogP contribution is 2.35. The van der Waals surface area contributed by atoms with E-state index < -0.39 is 0 Å². The molecule has 0 aromatic carbocycles. The summed E-state index contributed by atoms with van der Waals surface area (Å²) in [6.45, 7) is 2.86. The van der Waals surface area contributed by atoms with Gasteiger partial charge in [-0.25, -0.2) is 4.98 Å². The van der Waals surface area contributed by atoms with Gasteiger partial charge in [-0.1, -0.05) is 12.2 Å². The second-order valence-electron chi connectivity index (χ2n) is 4.64. The normalized spacial score (nSPS) is 19.9. The molecule has 1 fully saturated rings. The Kier molecular flexibility index (Phi) is 4.24. The van der Waals surface area contributed by atoms with Crippen LogP contribution in [0.5, 0.6) is 0 Å². The van der Waals surface area contributed by atoms with Crippen molar-refractivity contribution in [2.75, 3.05) is 19.3 Å². The zero-order valence-electron chi connectivity index (χ0n) is 10.8. The summed E-state index contributed by atoms with van der Waals surface area (Å²) in [7, 11) is 1.92. The van der Waals surface area contributed by atoms with Gasteiger partial charge in [0.2, 0.25) is 0 Å². The van der Waals surface area contributed by atoms with Crippen LogP contribution in [-0.2, 0) is 13.6 Å². The number of nitrogens with zero attached hydrogens (tertiary/aromatic N) is 4. The van der Waals surface area contributed by atoms with Crippen LogP contribution in [0.4, 0.5) is 0 Å². The van der Waals surface area contributed by atoms with Crippen LogP contribution < -0.4 is 5.73 Å². The minimum absolute atomic E-state index is 0.00821. The number of aromatic nitrogens is 3. The fourth-order valence-corrected chi connectivity index (χ4v) is 3.53. The SMILES string of the molecule is CSC1(C(N)=S)CCN(Cc2ncnn2C)CC1. The molecule has 2 heterocycles. The first-order valence-electron chi connectivity index (χ1n) is 5.98. The zero-order chi connectivity index (χ0) is 13.2. The minimum atomic E-state index is -0.00821. The molecule has 1 aliphatic rings. The van der Waals surface area contributed by atoms with Crippen molar-refractivity contribution in [2.45, 2.75) is 24.1 Å². The van der Waals surface area contributed by atoms with E-state index in [1.807, 2.05) is 11.7 Å². The van der Waals surface area contributed by atoms with Gasteiger partial charge >= 0.3 is 0 Å². The van der Waals surface area contributed by atoms with Crippen molar-refractivity contribution in [1.29, 1.82) is 0 Å². The Hall–Kier alpha value is -0.660. The van der Waals surface area contributed by atoms with Crippen LogP contribution in [0, 0.1) is 0 Å². The van der Waals surface area contributed by atoms with Crippen molar-refractivity contribution in [1.82, 2.24) is 19.7 Å². The van der Waals surface area contributed by atoms with E-state index >= 15 is 0 Å². The fourth-order valence-electron chi connectivity index (χ4n) is 2.29. The van der Waals surface area contributed by atoms with Crippen molar-refractivity contribution in [3.8, 4) is 0 Å². The highest BCUT2D eigenvalue weighted by molar-refractivity contribution is 8.02. The first kappa shape index (κ1) is 13.8. The van der Waals surface area contributed by atoms with Gasteiger partial charge in [0.1, 0.15) is 12.2 Å². The Bertz CT molecular complexity index is 423. The predicted octanol–water partition coefficient (Wildman–Crippen LogP) is 0.799. The molecule has 0 spiro atoms. The van der Waals surface area contributed by atoms with Crippen LogP contribution in [0.2, 0.25) is 0 Å². The number of hydrogen-bond acceptors (Lipinski definition) is 5. The van der Waals surface area contributed by atoms with E-state index in [0.29, 0.717) is 4.99 Å². The molecule has 2 rings (SSSR count). The monoisotopic (exact) mass is 285 g/mol. The van der Waals surface area contributed by atoms with Gasteiger partial charge in [-0.15, -0.1) is 0 Å². The van der Waals surface area contributed by atoms with E-state index in [1.54, 1.807) is 18.1 Å². The smallest absolute Gasteiger partial charge is 0.140 e. The number of hydrogen-bond donors (Lipinski definition) is 1. The van der Waals surface area contributed by atoms with Crippen molar-refractivity contribution in [3.63, 3.8) is 0 Å². The number of nitrogens with two attached hydrogens (primary N) is 1. The summed E-state index contributed by atoms with van der Waals surface area (Å²) in [6.07, 6.45) is 5.72. The predicted molar refractivity (Wildman–Crippen MR) is 78.5 cm³/mol. The molecule has 0 atom stereocenters. The van der Waals surface area contributed by atoms with Crippen LogP contribution in [0.1, 0.15) is 18.7 Å². The van der Waals surface area contributed by atoms with Crippen LogP contribution >= 0.6 is 24.0 Å². The summed E-state index contributed by atoms with van der Waals surface area (Å²) in [6, 6.07) is 0. The molecule has 1 aromatic heterocycles. The molecule has 2 N–H and O–H groups in total. The van der Waals surface area contributed by atoms with Crippen molar-refractivity contribution < 1.29 is 0 Å². The summed E-state index contributed by atoms with van der Waals surface area (Å²) in [5.41, 5.74) is 5.88. The Labute approximate surface area is 117 Å². The molecule has 0 saturated carbocycles. The standard InChI is InChI=1S/C11H19N5S2/c1-15-9(13-8-14-15)7-16-5-3-11(18-2,4-6-16)10(12)17/h8H,3-7H2,1-2H3,(H2,12,17). The largest absolute Gasteiger partial charge is 0.392 e. The summed E-state index contributed by atoms with van der Waals surface area (Å²) in [5.74, 6) is 1.00. The number of thiocarbonyl (C=S) groups is 1. The van der Waals surface area contributed by atoms with Crippen molar-refractivity contribution in [2.24, 2.45) is 12.8 Å². The summed E-state index contributed by atoms with van der Waals surface area (Å²) < 4.78 is 1.82. The summed E-state index contributed by atoms with van der Waals surface area (Å²) in [4.78, 5) is 7.29. The van der Waals surface area contributed by atoms with Crippen LogP contribution in [-0.4, -0.2) is 48.7 Å². The molecule has 0 amide bonds. The molecule has 1 saturated heterocycles. The van der Waals surface area contributed by atoms with Gasteiger partial charge in [0.05, 0.1) is 16.3 Å². The third kappa shape index (κ3) is 2.67. The molecule has 1 aliphatic heterocycles. The van der Waals surface area contributed by atoms with Gasteiger partial charge in [-0.05, 0) is 19.1 Å². The highest BCUT2D eigenvalue weighted by Gasteiger charge is 2.36. The van der Waals surface area contributed by atoms with E-state index in [-0.39, 0.29) is 4.75 Å². The number of piperidine rings is 1. The molecule has 5 nitrogen and oxygen atoms in total. The van der Waals surface area contributed by atoms with Gasteiger partial charge in [0.25, 0.3) is 0 Å². The molecular formula is C11H19N5S2. The third-order valence-corrected chi connectivity index (χ3v) is 5.60. The Morgan fingerprint density at radius 1 is 1.56 bits per heavy atom. The molecule has 0 radical (unpaired) electrons. The van der Waals surface area contributed by atoms with Gasteiger partial charge in [0, 0.05) is 20.1 Å². The third-order valence-electron chi connectivity index (χ3n) is 3.67. The molecule has 0 unspecified atom stereocenters. The summed E-state index contributed by atoms with van der Waals surface area (Å²) in [5, 5.41) is 4.09. The average Bonchev–Trinajstić information content (AvgIpc) is 2.76. The maximum absolute atomic E-state index is 5.88. The lowest BCUT2D eigenvalue weighted by molar-refractivity contribution is 0.205. The molecule has 100 valence electrons. The van der Waals surface area contributed by atoms with Gasteiger partial charge < -0.3 is 5.73 Å². The maximum atomic E-state index is 5.88. The fraction of sp³-hybridized carbons (Fsp3) is 0.727. The average molecular weight is 285 g/mol. The first-order chi connectivity index (χ1) is 8.57. The van der Waals surface area contributed by atoms with E-state index in [9.17, 15) is 0 Å². The lowest BCUT2D eigenvalue weighted by Crippen LogP contribution is -2.49. The number of rotatable bonds is 4. The van der Waals surface area contributed by atoms with Crippen molar-refractivity contribution in [3.05, 3.63) is 12.2 Å². The van der Waals surface area contributed by atoms with E-state index in [1.165, 1.54) is 0 Å². The Morgan fingerprint density at radius 2 is 2.22 bits per heavy atom. The van der Waals surface area contributed by atoms with E-state index in [2.05, 4.69) is 21.2 Å². The maximum Gasteiger partial charge on any atom is 0.140 e. The number of likely N-dealkylation sites (tertiary alicyclic amines) is 1. The second-order valence-corrected chi connectivity index (χ2v) is 6.27. The van der Waals surface area contributed by atoms with Gasteiger partial charge in [-0.3, -0.25) is 9.58 Å². The van der Waals surface area contributed by atoms with Crippen LogP contribution in [0.25, 0.3) is 0 Å². The Morgan fingerprint density at radius 3 is 2.67 bits per heavy atom. The number of aryl methyl sites for hydroxylation is 1. The minimum Gasteiger partial charge on any atom is -0.392 e. The quantitative estimate of drug-likeness (QED) is 0.826. The van der Waals surface area contributed by atoms with Crippen molar-refractivity contribution >= 4 is 29.0 Å². The molecule has 0 bridgehead atoms. The van der Waals surface area contributed by atoms with E-state index in [0.717, 1.165) is 38.3 Å². The lowest BCUT2D eigenvalue weighted by atomic mass is 9.95. The molecular weight excluding hydrogens is 266 g/mol. The molecule has 18 heavy (non-hydrogen) atoms. The van der Waals surface area contributed by atoms with Gasteiger partial charge in [0.15, 0.2) is 0 Å². The Balaban J connectivity index is 1.94. The van der Waals surface area contributed by atoms with Gasteiger partial charge in [-0.2, -0.15) is 16.9 Å². The highest BCUT2D eigenvalue weighted by atomic mass is 32.2. The van der Waals surface area contributed by atoms with Crippen LogP contribution in [0.3, 0.4) is 0 Å².